The van der Waals surface area contributed by atoms with Crippen molar-refractivity contribution in [1.29, 1.82) is 0 Å². The molecule has 0 unspecified atom stereocenters. The minimum absolute atomic E-state index is 0.0153. The molecule has 0 bridgehead atoms. The third kappa shape index (κ3) is 3.93. The molecule has 0 aliphatic heterocycles. The maximum atomic E-state index is 12.9. The van der Waals surface area contributed by atoms with Gasteiger partial charge in [0.05, 0.1) is 6.54 Å². The van der Waals surface area contributed by atoms with Gasteiger partial charge in [0.1, 0.15) is 5.82 Å². The summed E-state index contributed by atoms with van der Waals surface area (Å²) in [5.41, 5.74) is 1.25. The van der Waals surface area contributed by atoms with E-state index in [1.807, 2.05) is 13.0 Å². The molecule has 25 heavy (non-hydrogen) atoms. The maximum absolute atomic E-state index is 12.9. The van der Waals surface area contributed by atoms with Crippen molar-refractivity contribution in [2.75, 3.05) is 6.54 Å². The van der Waals surface area contributed by atoms with Gasteiger partial charge in [-0.3, -0.25) is 9.20 Å². The Bertz CT molecular complexity index is 930. The standard InChI is InChI=1S/C18H19FN4O2/c1-13(14-5-7-15(19)8-6-14)12-17(24)20-9-11-23-18(25)22-10-3-2-4-16(22)21-23/h2-8,10,13H,9,11-12H2,1H3,(H,20,24)/t13-/m1/s1. The van der Waals surface area contributed by atoms with Gasteiger partial charge in [0.2, 0.25) is 5.91 Å². The summed E-state index contributed by atoms with van der Waals surface area (Å²) in [6.07, 6.45) is 1.95. The van der Waals surface area contributed by atoms with Crippen molar-refractivity contribution in [3.05, 3.63) is 70.5 Å². The van der Waals surface area contributed by atoms with E-state index in [1.54, 1.807) is 30.5 Å². The van der Waals surface area contributed by atoms with Crippen LogP contribution in [0.1, 0.15) is 24.8 Å². The Morgan fingerprint density at radius 1 is 1.24 bits per heavy atom. The number of hydrogen-bond acceptors (Lipinski definition) is 3. The van der Waals surface area contributed by atoms with Crippen LogP contribution in [0.3, 0.4) is 0 Å². The molecule has 130 valence electrons. The van der Waals surface area contributed by atoms with Crippen molar-refractivity contribution in [3.8, 4) is 0 Å². The minimum atomic E-state index is -0.293. The number of benzene rings is 1. The molecule has 0 spiro atoms. The lowest BCUT2D eigenvalue weighted by atomic mass is 9.97. The molecule has 0 saturated carbocycles. The Balaban J connectivity index is 1.52. The van der Waals surface area contributed by atoms with Crippen LogP contribution < -0.4 is 11.0 Å². The highest BCUT2D eigenvalue weighted by atomic mass is 19.1. The largest absolute Gasteiger partial charge is 0.354 e. The van der Waals surface area contributed by atoms with Gasteiger partial charge in [-0.25, -0.2) is 13.9 Å². The number of amides is 1. The van der Waals surface area contributed by atoms with Crippen molar-refractivity contribution in [2.24, 2.45) is 0 Å². The van der Waals surface area contributed by atoms with Crippen molar-refractivity contribution in [2.45, 2.75) is 25.8 Å². The molecule has 0 saturated heterocycles. The SMILES string of the molecule is C[C@H](CC(=O)NCCn1nc2ccccn2c1=O)c1ccc(F)cc1. The van der Waals surface area contributed by atoms with Crippen LogP contribution in [0.4, 0.5) is 4.39 Å². The van der Waals surface area contributed by atoms with E-state index in [2.05, 4.69) is 10.4 Å². The van der Waals surface area contributed by atoms with E-state index >= 15 is 0 Å². The predicted molar refractivity (Wildman–Crippen MR) is 91.9 cm³/mol. The van der Waals surface area contributed by atoms with Crippen LogP contribution in [0.2, 0.25) is 0 Å². The molecule has 0 aliphatic carbocycles. The van der Waals surface area contributed by atoms with Crippen LogP contribution in [-0.2, 0) is 11.3 Å². The van der Waals surface area contributed by atoms with E-state index in [0.717, 1.165) is 5.56 Å². The van der Waals surface area contributed by atoms with Gasteiger partial charge >= 0.3 is 5.69 Å². The molecule has 2 aromatic heterocycles. The first-order valence-corrected chi connectivity index (χ1v) is 8.11. The number of nitrogens with one attached hydrogen (secondary N) is 1. The molecule has 0 fully saturated rings. The second-order valence-electron chi connectivity index (χ2n) is 5.94. The number of carbonyl (C=O) groups is 1. The Hall–Kier alpha value is -2.96. The summed E-state index contributed by atoms with van der Waals surface area (Å²) in [4.78, 5) is 24.2. The van der Waals surface area contributed by atoms with Gasteiger partial charge in [-0.15, -0.1) is 5.10 Å². The lowest BCUT2D eigenvalue weighted by Crippen LogP contribution is -2.31. The first-order valence-electron chi connectivity index (χ1n) is 8.11. The molecule has 2 heterocycles. The fraction of sp³-hybridized carbons (Fsp3) is 0.278. The van der Waals surface area contributed by atoms with E-state index < -0.39 is 0 Å². The van der Waals surface area contributed by atoms with E-state index in [-0.39, 0.29) is 23.3 Å². The van der Waals surface area contributed by atoms with Crippen molar-refractivity contribution < 1.29 is 9.18 Å². The summed E-state index contributed by atoms with van der Waals surface area (Å²) < 4.78 is 15.7. The average molecular weight is 342 g/mol. The molecule has 3 aromatic rings. The predicted octanol–water partition coefficient (Wildman–Crippen LogP) is 1.95. The zero-order valence-corrected chi connectivity index (χ0v) is 13.9. The molecule has 3 rings (SSSR count). The number of carbonyl (C=O) groups excluding carboxylic acids is 1. The summed E-state index contributed by atoms with van der Waals surface area (Å²) in [6, 6.07) is 11.5. The minimum Gasteiger partial charge on any atom is -0.354 e. The van der Waals surface area contributed by atoms with Gasteiger partial charge < -0.3 is 5.32 Å². The van der Waals surface area contributed by atoms with Crippen LogP contribution in [-0.4, -0.2) is 26.6 Å². The third-order valence-corrected chi connectivity index (χ3v) is 4.06. The van der Waals surface area contributed by atoms with E-state index in [4.69, 9.17) is 0 Å². The molecule has 1 aromatic carbocycles. The number of aromatic nitrogens is 3. The Morgan fingerprint density at radius 2 is 2.00 bits per heavy atom. The second-order valence-corrected chi connectivity index (χ2v) is 5.94. The molecular formula is C18H19FN4O2. The van der Waals surface area contributed by atoms with Gasteiger partial charge in [0.25, 0.3) is 0 Å². The van der Waals surface area contributed by atoms with E-state index in [1.165, 1.54) is 21.2 Å². The summed E-state index contributed by atoms with van der Waals surface area (Å²) in [5, 5.41) is 7.00. The molecule has 7 heteroatoms. The van der Waals surface area contributed by atoms with Crippen LogP contribution >= 0.6 is 0 Å². The van der Waals surface area contributed by atoms with Crippen LogP contribution in [0, 0.1) is 5.82 Å². The number of hydrogen-bond donors (Lipinski definition) is 1. The first kappa shape index (κ1) is 16.9. The molecule has 0 aliphatic rings. The Kier molecular flexibility index (Phi) is 4.92. The number of pyridine rings is 1. The number of nitrogens with zero attached hydrogens (tertiary/aromatic N) is 3. The fourth-order valence-corrected chi connectivity index (χ4v) is 2.67. The maximum Gasteiger partial charge on any atom is 0.350 e. The number of rotatable bonds is 6. The number of fused-ring (bicyclic) bond motifs is 1. The highest BCUT2D eigenvalue weighted by Crippen LogP contribution is 2.18. The van der Waals surface area contributed by atoms with Gasteiger partial charge in [-0.1, -0.05) is 25.1 Å². The van der Waals surface area contributed by atoms with E-state index in [0.29, 0.717) is 25.2 Å². The fourth-order valence-electron chi connectivity index (χ4n) is 2.67. The van der Waals surface area contributed by atoms with Crippen LogP contribution in [0.15, 0.2) is 53.5 Å². The van der Waals surface area contributed by atoms with Gasteiger partial charge in [-0.05, 0) is 35.7 Å². The Labute approximate surface area is 143 Å². The van der Waals surface area contributed by atoms with Crippen LogP contribution in [0.25, 0.3) is 5.65 Å². The van der Waals surface area contributed by atoms with Crippen LogP contribution in [0.5, 0.6) is 0 Å². The monoisotopic (exact) mass is 342 g/mol. The molecule has 1 amide bonds. The summed E-state index contributed by atoms with van der Waals surface area (Å²) in [7, 11) is 0. The lowest BCUT2D eigenvalue weighted by molar-refractivity contribution is -0.121. The smallest absolute Gasteiger partial charge is 0.350 e. The number of halogens is 1. The van der Waals surface area contributed by atoms with Gasteiger partial charge in [0, 0.05) is 19.2 Å². The quantitative estimate of drug-likeness (QED) is 0.744. The Morgan fingerprint density at radius 3 is 2.72 bits per heavy atom. The van der Waals surface area contributed by atoms with E-state index in [9.17, 15) is 14.0 Å². The van der Waals surface area contributed by atoms with Crippen molar-refractivity contribution in [3.63, 3.8) is 0 Å². The molecule has 6 nitrogen and oxygen atoms in total. The first-order chi connectivity index (χ1) is 12.0. The average Bonchev–Trinajstić information content (AvgIpc) is 2.92. The van der Waals surface area contributed by atoms with Crippen molar-refractivity contribution in [1.82, 2.24) is 19.5 Å². The summed E-state index contributed by atoms with van der Waals surface area (Å²) >= 11 is 0. The second kappa shape index (κ2) is 7.29. The topological polar surface area (TPSA) is 68.4 Å². The third-order valence-electron chi connectivity index (χ3n) is 4.06. The van der Waals surface area contributed by atoms with Crippen molar-refractivity contribution >= 4 is 11.6 Å². The normalized spacial score (nSPS) is 12.2. The molecule has 1 atom stereocenters. The summed E-state index contributed by atoms with van der Waals surface area (Å²) in [6.45, 7) is 2.54. The lowest BCUT2D eigenvalue weighted by Gasteiger charge is -2.12. The molecular weight excluding hydrogens is 323 g/mol. The van der Waals surface area contributed by atoms with Gasteiger partial charge in [-0.2, -0.15) is 0 Å². The zero-order valence-electron chi connectivity index (χ0n) is 13.9. The highest BCUT2D eigenvalue weighted by Gasteiger charge is 2.12. The van der Waals surface area contributed by atoms with Gasteiger partial charge in [0.15, 0.2) is 5.65 Å². The zero-order chi connectivity index (χ0) is 17.8. The highest BCUT2D eigenvalue weighted by molar-refractivity contribution is 5.76. The molecule has 0 radical (unpaired) electrons. The molecule has 1 N–H and O–H groups in total. The summed E-state index contributed by atoms with van der Waals surface area (Å²) in [5.74, 6) is -0.426.